The molecule has 0 aliphatic carbocycles. The van der Waals surface area contributed by atoms with E-state index in [0.29, 0.717) is 5.69 Å². The van der Waals surface area contributed by atoms with E-state index in [1.54, 1.807) is 10.9 Å². The molecule has 2 rings (SSSR count). The predicted octanol–water partition coefficient (Wildman–Crippen LogP) is 3.37. The summed E-state index contributed by atoms with van der Waals surface area (Å²) in [6.45, 7) is 3.87. The Morgan fingerprint density at radius 3 is 2.94 bits per heavy atom. The highest BCUT2D eigenvalue weighted by Gasteiger charge is 2.14. The Hall–Kier alpha value is -1.68. The van der Waals surface area contributed by atoms with Gasteiger partial charge in [-0.3, -0.25) is 0 Å². The Morgan fingerprint density at radius 1 is 1.47 bits per heavy atom. The molecule has 0 unspecified atom stereocenters. The minimum Gasteiger partial charge on any atom is -0.453 e. The Labute approximate surface area is 104 Å². The van der Waals surface area contributed by atoms with Gasteiger partial charge in [0, 0.05) is 5.38 Å². The lowest BCUT2D eigenvalue weighted by molar-refractivity contribution is 0.0331. The Morgan fingerprint density at radius 2 is 2.29 bits per heavy atom. The molecule has 4 heteroatoms. The highest BCUT2D eigenvalue weighted by atomic mass is 32.1. The highest BCUT2D eigenvalue weighted by Crippen LogP contribution is 2.19. The summed E-state index contributed by atoms with van der Waals surface area (Å²) < 4.78 is 5.34. The van der Waals surface area contributed by atoms with Crippen LogP contribution in [0.4, 0.5) is 0 Å². The first-order valence-corrected chi connectivity index (χ1v) is 6.27. The van der Waals surface area contributed by atoms with Crippen LogP contribution in [0.1, 0.15) is 34.6 Å². The molecule has 88 valence electrons. The Kier molecular flexibility index (Phi) is 3.54. The molecule has 2 aromatic rings. The van der Waals surface area contributed by atoms with Crippen LogP contribution >= 0.6 is 11.3 Å². The summed E-state index contributed by atoms with van der Waals surface area (Å²) >= 11 is 1.38. The molecule has 1 heterocycles. The number of benzene rings is 1. The van der Waals surface area contributed by atoms with E-state index in [9.17, 15) is 4.79 Å². The van der Waals surface area contributed by atoms with Crippen LogP contribution in [0.25, 0.3) is 0 Å². The maximum absolute atomic E-state index is 11.7. The Bertz CT molecular complexity index is 508. The zero-order valence-corrected chi connectivity index (χ0v) is 10.5. The number of carbonyl (C=O) groups is 1. The van der Waals surface area contributed by atoms with E-state index in [1.165, 1.54) is 11.3 Å². The highest BCUT2D eigenvalue weighted by molar-refractivity contribution is 7.07. The topological polar surface area (TPSA) is 39.2 Å². The van der Waals surface area contributed by atoms with Crippen molar-refractivity contribution >= 4 is 17.3 Å². The average molecular weight is 247 g/mol. The van der Waals surface area contributed by atoms with Gasteiger partial charge in [0.1, 0.15) is 6.10 Å². The van der Waals surface area contributed by atoms with E-state index in [-0.39, 0.29) is 12.1 Å². The first-order valence-electron chi connectivity index (χ1n) is 5.32. The van der Waals surface area contributed by atoms with Gasteiger partial charge >= 0.3 is 5.97 Å². The molecule has 0 amide bonds. The fraction of sp³-hybridized carbons (Fsp3) is 0.231. The summed E-state index contributed by atoms with van der Waals surface area (Å²) in [7, 11) is 0. The van der Waals surface area contributed by atoms with E-state index in [2.05, 4.69) is 4.98 Å². The molecule has 0 radical (unpaired) electrons. The first kappa shape index (κ1) is 11.8. The van der Waals surface area contributed by atoms with Crippen molar-refractivity contribution in [2.45, 2.75) is 20.0 Å². The van der Waals surface area contributed by atoms with Gasteiger partial charge in [0.2, 0.25) is 0 Å². The average Bonchev–Trinajstić information content (AvgIpc) is 2.82. The zero-order chi connectivity index (χ0) is 12.3. The number of thiazole rings is 1. The van der Waals surface area contributed by atoms with Crippen molar-refractivity contribution in [3.8, 4) is 0 Å². The molecule has 0 aliphatic rings. The van der Waals surface area contributed by atoms with Crippen molar-refractivity contribution in [1.29, 1.82) is 0 Å². The van der Waals surface area contributed by atoms with Gasteiger partial charge in [0.25, 0.3) is 0 Å². The normalized spacial score (nSPS) is 12.1. The van der Waals surface area contributed by atoms with Gasteiger partial charge in [-0.1, -0.05) is 29.8 Å². The summed E-state index contributed by atoms with van der Waals surface area (Å²) in [5, 5.41) is 1.69. The molecule has 0 spiro atoms. The molecule has 0 N–H and O–H groups in total. The number of aryl methyl sites for hydroxylation is 1. The molecule has 17 heavy (non-hydrogen) atoms. The summed E-state index contributed by atoms with van der Waals surface area (Å²) in [6, 6.07) is 7.93. The Balaban J connectivity index is 2.07. The minimum absolute atomic E-state index is 0.260. The number of aromatic nitrogens is 1. The number of esters is 1. The van der Waals surface area contributed by atoms with Crippen LogP contribution in [-0.2, 0) is 4.74 Å². The zero-order valence-electron chi connectivity index (χ0n) is 9.71. The molecule has 0 aliphatic heterocycles. The molecule has 0 saturated heterocycles. The lowest BCUT2D eigenvalue weighted by Crippen LogP contribution is -2.09. The van der Waals surface area contributed by atoms with Gasteiger partial charge in [-0.25, -0.2) is 9.78 Å². The third-order valence-electron chi connectivity index (χ3n) is 2.44. The summed E-state index contributed by atoms with van der Waals surface area (Å²) in [5.41, 5.74) is 4.13. The van der Waals surface area contributed by atoms with E-state index in [4.69, 9.17) is 4.74 Å². The first-order chi connectivity index (χ1) is 8.16. The van der Waals surface area contributed by atoms with Crippen molar-refractivity contribution < 1.29 is 9.53 Å². The summed E-state index contributed by atoms with van der Waals surface area (Å²) in [4.78, 5) is 15.6. The van der Waals surface area contributed by atoms with Crippen molar-refractivity contribution in [2.75, 3.05) is 0 Å². The second-order valence-electron chi connectivity index (χ2n) is 3.84. The van der Waals surface area contributed by atoms with Crippen LogP contribution in [0.15, 0.2) is 35.2 Å². The lowest BCUT2D eigenvalue weighted by Gasteiger charge is -2.13. The van der Waals surface area contributed by atoms with Crippen LogP contribution in [0.3, 0.4) is 0 Å². The van der Waals surface area contributed by atoms with Gasteiger partial charge in [-0.05, 0) is 19.4 Å². The minimum atomic E-state index is -0.375. The lowest BCUT2D eigenvalue weighted by atomic mass is 10.1. The molecule has 0 bridgehead atoms. The molecule has 0 saturated carbocycles. The number of nitrogens with zero attached hydrogens (tertiary/aromatic N) is 1. The van der Waals surface area contributed by atoms with E-state index >= 15 is 0 Å². The number of rotatable bonds is 3. The molecule has 3 nitrogen and oxygen atoms in total. The monoisotopic (exact) mass is 247 g/mol. The number of hydrogen-bond acceptors (Lipinski definition) is 4. The van der Waals surface area contributed by atoms with Crippen LogP contribution < -0.4 is 0 Å². The number of ether oxygens (including phenoxy) is 1. The van der Waals surface area contributed by atoms with Crippen molar-refractivity contribution in [3.05, 3.63) is 52.0 Å². The largest absolute Gasteiger partial charge is 0.453 e. The van der Waals surface area contributed by atoms with E-state index in [0.717, 1.165) is 11.1 Å². The number of hydrogen-bond donors (Lipinski definition) is 0. The van der Waals surface area contributed by atoms with Gasteiger partial charge in [-0.2, -0.15) is 0 Å². The maximum atomic E-state index is 11.7. The second kappa shape index (κ2) is 5.10. The van der Waals surface area contributed by atoms with Gasteiger partial charge in [0.05, 0.1) is 5.51 Å². The van der Waals surface area contributed by atoms with E-state index < -0.39 is 0 Å². The smallest absolute Gasteiger partial charge is 0.358 e. The predicted molar refractivity (Wildman–Crippen MR) is 67.1 cm³/mol. The molecule has 0 fully saturated rings. The quantitative estimate of drug-likeness (QED) is 0.781. The third-order valence-corrected chi connectivity index (χ3v) is 3.02. The SMILES string of the molecule is Cc1cccc([C@@H](C)OC(=O)c2cscn2)c1. The molecule has 1 aromatic heterocycles. The third kappa shape index (κ3) is 2.91. The van der Waals surface area contributed by atoms with Crippen LogP contribution in [0.2, 0.25) is 0 Å². The number of carbonyl (C=O) groups excluding carboxylic acids is 1. The van der Waals surface area contributed by atoms with Gasteiger partial charge in [0.15, 0.2) is 5.69 Å². The molecule has 1 aromatic carbocycles. The van der Waals surface area contributed by atoms with Gasteiger partial charge < -0.3 is 4.74 Å². The van der Waals surface area contributed by atoms with Crippen molar-refractivity contribution in [2.24, 2.45) is 0 Å². The fourth-order valence-electron chi connectivity index (χ4n) is 1.53. The van der Waals surface area contributed by atoms with Crippen LogP contribution in [-0.4, -0.2) is 11.0 Å². The van der Waals surface area contributed by atoms with Crippen LogP contribution in [0.5, 0.6) is 0 Å². The van der Waals surface area contributed by atoms with Crippen molar-refractivity contribution in [1.82, 2.24) is 4.98 Å². The molecular formula is C13H13NO2S. The van der Waals surface area contributed by atoms with Crippen LogP contribution in [0, 0.1) is 6.92 Å². The van der Waals surface area contributed by atoms with E-state index in [1.807, 2.05) is 38.1 Å². The molecular weight excluding hydrogens is 234 g/mol. The van der Waals surface area contributed by atoms with Crippen molar-refractivity contribution in [3.63, 3.8) is 0 Å². The standard InChI is InChI=1S/C13H13NO2S/c1-9-4-3-5-11(6-9)10(2)16-13(15)12-7-17-8-14-12/h3-8,10H,1-2H3/t10-/m1/s1. The van der Waals surface area contributed by atoms with Gasteiger partial charge in [-0.15, -0.1) is 11.3 Å². The summed E-state index contributed by atoms with van der Waals surface area (Å²) in [5.74, 6) is -0.375. The molecule has 1 atom stereocenters. The second-order valence-corrected chi connectivity index (χ2v) is 4.55. The fourth-order valence-corrected chi connectivity index (χ4v) is 2.05. The summed E-state index contributed by atoms with van der Waals surface area (Å²) in [6.07, 6.45) is -0.260. The maximum Gasteiger partial charge on any atom is 0.358 e.